The zero-order valence-electron chi connectivity index (χ0n) is 21.5. The van der Waals surface area contributed by atoms with Gasteiger partial charge in [0.05, 0.1) is 37.6 Å². The molecule has 0 saturated carbocycles. The summed E-state index contributed by atoms with van der Waals surface area (Å²) in [6, 6.07) is 4.36. The van der Waals surface area contributed by atoms with Gasteiger partial charge in [0.25, 0.3) is 0 Å². The molecule has 1 heterocycles. The molecule has 0 aliphatic heterocycles. The monoisotopic (exact) mass is 494 g/mol. The fourth-order valence-corrected chi connectivity index (χ4v) is 3.61. The molecular formula is C25H30F3N3O4. The van der Waals surface area contributed by atoms with Gasteiger partial charge >= 0.3 is 5.92 Å². The molecule has 3 rings (SSSR count). The van der Waals surface area contributed by atoms with Crippen LogP contribution in [0.4, 0.5) is 19.0 Å². The standard InChI is InChI=1S/C25H30F3N3O4/c1-14(16-8-7-9-17(21(16)26)25(27,28)24(3,4)32)29-23-20-18(30-15(2)31-23)10-11-19(22(20)34-6)35-13-12-33-5/h7-11,14,32H,12-13H2,1-6H3,(H,29,30,31)/i11D. The van der Waals surface area contributed by atoms with Crippen molar-refractivity contribution in [3.63, 3.8) is 0 Å². The van der Waals surface area contributed by atoms with Gasteiger partial charge in [-0.2, -0.15) is 8.78 Å². The number of rotatable bonds is 10. The number of anilines is 1. The first kappa shape index (κ1) is 25.0. The minimum absolute atomic E-state index is 0.0418. The number of fused-ring (bicyclic) bond motifs is 1. The van der Waals surface area contributed by atoms with Gasteiger partial charge in [-0.05, 0) is 45.9 Å². The zero-order valence-corrected chi connectivity index (χ0v) is 20.5. The predicted octanol–water partition coefficient (Wildman–Crippen LogP) is 5.15. The number of aromatic nitrogens is 2. The molecule has 2 N–H and O–H groups in total. The molecule has 1 unspecified atom stereocenters. The van der Waals surface area contributed by atoms with Gasteiger partial charge in [0.15, 0.2) is 11.5 Å². The Morgan fingerprint density at radius 1 is 1.17 bits per heavy atom. The van der Waals surface area contributed by atoms with E-state index in [4.69, 9.17) is 15.6 Å². The third kappa shape index (κ3) is 5.28. The molecule has 35 heavy (non-hydrogen) atoms. The van der Waals surface area contributed by atoms with E-state index in [-0.39, 0.29) is 42.1 Å². The minimum Gasteiger partial charge on any atom is -0.492 e. The highest BCUT2D eigenvalue weighted by Crippen LogP contribution is 2.42. The maximum atomic E-state index is 15.3. The Balaban J connectivity index is 2.11. The van der Waals surface area contributed by atoms with E-state index in [2.05, 4.69) is 15.3 Å². The quantitative estimate of drug-likeness (QED) is 0.377. The minimum atomic E-state index is -3.83. The smallest absolute Gasteiger partial charge is 0.303 e. The number of ether oxygens (including phenoxy) is 3. The van der Waals surface area contributed by atoms with Crippen molar-refractivity contribution in [1.29, 1.82) is 0 Å². The third-order valence-electron chi connectivity index (χ3n) is 5.52. The number of nitrogens with zero attached hydrogens (tertiary/aromatic N) is 2. The lowest BCUT2D eigenvalue weighted by Gasteiger charge is -2.30. The molecule has 0 aliphatic rings. The SMILES string of the molecule is [2H]c1cc2nc(C)nc(NC(C)c3cccc(C(F)(F)C(C)(C)O)c3F)c2c(OC)c1OCCOC. The first-order chi connectivity index (χ1) is 16.8. The van der Waals surface area contributed by atoms with Crippen LogP contribution in [0.3, 0.4) is 0 Å². The number of methoxy groups -OCH3 is 2. The van der Waals surface area contributed by atoms with Gasteiger partial charge in [0.2, 0.25) is 0 Å². The van der Waals surface area contributed by atoms with E-state index in [1.165, 1.54) is 32.4 Å². The van der Waals surface area contributed by atoms with Crippen LogP contribution in [-0.4, -0.2) is 48.1 Å². The van der Waals surface area contributed by atoms with Crippen LogP contribution >= 0.6 is 0 Å². The second-order valence-electron chi connectivity index (χ2n) is 8.58. The van der Waals surface area contributed by atoms with Gasteiger partial charge in [0.1, 0.15) is 29.7 Å². The lowest BCUT2D eigenvalue weighted by molar-refractivity contribution is -0.170. The summed E-state index contributed by atoms with van der Waals surface area (Å²) < 4.78 is 69.5. The molecule has 0 aliphatic carbocycles. The molecule has 190 valence electrons. The van der Waals surface area contributed by atoms with E-state index in [9.17, 15) is 13.9 Å². The van der Waals surface area contributed by atoms with Gasteiger partial charge in [-0.3, -0.25) is 0 Å². The van der Waals surface area contributed by atoms with Crippen LogP contribution in [0.1, 0.15) is 45.1 Å². The summed E-state index contributed by atoms with van der Waals surface area (Å²) in [5.41, 5.74) is -3.03. The highest BCUT2D eigenvalue weighted by atomic mass is 19.3. The topological polar surface area (TPSA) is 85.7 Å². The Morgan fingerprint density at radius 3 is 2.51 bits per heavy atom. The van der Waals surface area contributed by atoms with Crippen LogP contribution in [0, 0.1) is 12.7 Å². The maximum absolute atomic E-state index is 15.3. The number of hydrogen-bond acceptors (Lipinski definition) is 7. The summed E-state index contributed by atoms with van der Waals surface area (Å²) in [6.45, 7) is 5.56. The molecule has 1 atom stereocenters. The van der Waals surface area contributed by atoms with Gasteiger partial charge < -0.3 is 24.6 Å². The Kier molecular flexibility index (Phi) is 7.32. The summed E-state index contributed by atoms with van der Waals surface area (Å²) in [5, 5.41) is 13.4. The number of aliphatic hydroxyl groups is 1. The first-order valence-electron chi connectivity index (χ1n) is 11.5. The number of benzene rings is 2. The molecule has 1 aromatic heterocycles. The Bertz CT molecular complexity index is 1250. The lowest BCUT2D eigenvalue weighted by atomic mass is 9.91. The van der Waals surface area contributed by atoms with Crippen LogP contribution in [0.25, 0.3) is 10.9 Å². The van der Waals surface area contributed by atoms with Crippen LogP contribution < -0.4 is 14.8 Å². The normalized spacial score (nSPS) is 13.5. The average molecular weight is 495 g/mol. The van der Waals surface area contributed by atoms with Crippen LogP contribution in [0.2, 0.25) is 0 Å². The fraction of sp³-hybridized carbons (Fsp3) is 0.440. The maximum Gasteiger partial charge on any atom is 0.303 e. The second kappa shape index (κ2) is 10.2. The van der Waals surface area contributed by atoms with Crippen molar-refractivity contribution in [3.05, 3.63) is 53.1 Å². The largest absolute Gasteiger partial charge is 0.492 e. The molecule has 2 aromatic carbocycles. The predicted molar refractivity (Wildman–Crippen MR) is 127 cm³/mol. The molecular weight excluding hydrogens is 463 g/mol. The van der Waals surface area contributed by atoms with Gasteiger partial charge in [-0.25, -0.2) is 14.4 Å². The van der Waals surface area contributed by atoms with Gasteiger partial charge in [0, 0.05) is 12.7 Å². The molecule has 0 fully saturated rings. The van der Waals surface area contributed by atoms with E-state index in [0.717, 1.165) is 19.9 Å². The third-order valence-corrected chi connectivity index (χ3v) is 5.52. The van der Waals surface area contributed by atoms with Crippen molar-refractivity contribution in [2.45, 2.75) is 45.3 Å². The summed E-state index contributed by atoms with van der Waals surface area (Å²) in [6.07, 6.45) is 0. The molecule has 7 nitrogen and oxygen atoms in total. The van der Waals surface area contributed by atoms with Crippen molar-refractivity contribution in [2.75, 3.05) is 32.8 Å². The van der Waals surface area contributed by atoms with Crippen LogP contribution in [-0.2, 0) is 10.7 Å². The van der Waals surface area contributed by atoms with Crippen molar-refractivity contribution in [3.8, 4) is 11.5 Å². The number of alkyl halides is 2. The molecule has 0 bridgehead atoms. The van der Waals surface area contributed by atoms with Crippen molar-refractivity contribution < 1.29 is 33.9 Å². The van der Waals surface area contributed by atoms with Gasteiger partial charge in [-0.15, -0.1) is 0 Å². The summed E-state index contributed by atoms with van der Waals surface area (Å²) >= 11 is 0. The molecule has 0 amide bonds. The number of halogens is 3. The lowest BCUT2D eigenvalue weighted by Crippen LogP contribution is -2.41. The van der Waals surface area contributed by atoms with Crippen LogP contribution in [0.5, 0.6) is 11.5 Å². The highest BCUT2D eigenvalue weighted by molar-refractivity contribution is 5.96. The molecule has 3 aromatic rings. The Hall–Kier alpha value is -3.11. The molecule has 10 heteroatoms. The van der Waals surface area contributed by atoms with E-state index >= 15 is 4.39 Å². The van der Waals surface area contributed by atoms with Crippen molar-refractivity contribution in [2.24, 2.45) is 0 Å². The summed E-state index contributed by atoms with van der Waals surface area (Å²) in [4.78, 5) is 8.81. The summed E-state index contributed by atoms with van der Waals surface area (Å²) in [5.74, 6) is -3.99. The zero-order chi connectivity index (χ0) is 26.8. The summed E-state index contributed by atoms with van der Waals surface area (Å²) in [7, 11) is 2.93. The Morgan fingerprint density at radius 2 is 1.89 bits per heavy atom. The highest BCUT2D eigenvalue weighted by Gasteiger charge is 2.49. The van der Waals surface area contributed by atoms with Crippen molar-refractivity contribution in [1.82, 2.24) is 9.97 Å². The Labute approximate surface area is 203 Å². The van der Waals surface area contributed by atoms with Crippen LogP contribution in [0.15, 0.2) is 30.3 Å². The number of hydrogen-bond donors (Lipinski definition) is 2. The number of aryl methyl sites for hydroxylation is 1. The van der Waals surface area contributed by atoms with E-state index in [0.29, 0.717) is 16.7 Å². The fourth-order valence-electron chi connectivity index (χ4n) is 3.61. The molecule has 0 saturated heterocycles. The molecule has 0 radical (unpaired) electrons. The second-order valence-corrected chi connectivity index (χ2v) is 8.58. The molecule has 0 spiro atoms. The van der Waals surface area contributed by atoms with Crippen molar-refractivity contribution >= 4 is 16.7 Å². The first-order valence-corrected chi connectivity index (χ1v) is 11.0. The van der Waals surface area contributed by atoms with E-state index < -0.39 is 28.9 Å². The number of nitrogens with one attached hydrogen (secondary N) is 1. The average Bonchev–Trinajstić information content (AvgIpc) is 2.78. The van der Waals surface area contributed by atoms with E-state index in [1.807, 2.05) is 0 Å². The van der Waals surface area contributed by atoms with Gasteiger partial charge in [-0.1, -0.05) is 12.1 Å². The van der Waals surface area contributed by atoms with E-state index in [1.54, 1.807) is 13.8 Å².